The van der Waals surface area contributed by atoms with Gasteiger partial charge in [0.25, 0.3) is 10.0 Å². The Morgan fingerprint density at radius 1 is 1.33 bits per heavy atom. The summed E-state index contributed by atoms with van der Waals surface area (Å²) in [4.78, 5) is 20.6. The van der Waals surface area contributed by atoms with Crippen LogP contribution in [0.15, 0.2) is 41.6 Å². The molecule has 0 aliphatic carbocycles. The number of carbonyl (C=O) groups excluding carboxylic acids is 1. The van der Waals surface area contributed by atoms with E-state index in [4.69, 9.17) is 0 Å². The molecule has 128 valence electrons. The third-order valence-electron chi connectivity index (χ3n) is 4.06. The van der Waals surface area contributed by atoms with Gasteiger partial charge >= 0.3 is 0 Å². The van der Waals surface area contributed by atoms with Crippen LogP contribution in [0.2, 0.25) is 0 Å². The Balaban J connectivity index is 1.62. The van der Waals surface area contributed by atoms with Crippen molar-refractivity contribution >= 4 is 21.6 Å². The van der Waals surface area contributed by atoms with Crippen LogP contribution >= 0.6 is 0 Å². The average molecular weight is 348 g/mol. The number of imidazole rings is 1. The zero-order valence-electron chi connectivity index (χ0n) is 13.4. The number of aromatic amines is 1. The standard InChI is InChI=1S/C16H20N4O3S/c1-2-14-17-10-15(19-14)24(22,23)18-9-12-8-16(21)20(11-12)13-6-4-3-5-7-13/h3-7,10,12,18H,2,8-9,11H2,1H3,(H,17,19). The molecule has 2 aromatic rings. The van der Waals surface area contributed by atoms with Crippen molar-refractivity contribution in [3.8, 4) is 0 Å². The predicted octanol–water partition coefficient (Wildman–Crippen LogP) is 1.30. The first kappa shape index (κ1) is 16.7. The molecule has 1 unspecified atom stereocenters. The fourth-order valence-corrected chi connectivity index (χ4v) is 3.79. The van der Waals surface area contributed by atoms with Crippen LogP contribution in [0.5, 0.6) is 0 Å². The summed E-state index contributed by atoms with van der Waals surface area (Å²) in [7, 11) is -3.63. The molecule has 1 atom stereocenters. The van der Waals surface area contributed by atoms with E-state index in [1.54, 1.807) is 4.90 Å². The number of nitrogens with one attached hydrogen (secondary N) is 2. The minimum atomic E-state index is -3.63. The van der Waals surface area contributed by atoms with Gasteiger partial charge in [-0.25, -0.2) is 18.1 Å². The van der Waals surface area contributed by atoms with Crippen LogP contribution in [0.1, 0.15) is 19.2 Å². The normalized spacial score (nSPS) is 18.3. The predicted molar refractivity (Wildman–Crippen MR) is 90.1 cm³/mol. The second-order valence-corrected chi connectivity index (χ2v) is 7.55. The highest BCUT2D eigenvalue weighted by molar-refractivity contribution is 7.89. The van der Waals surface area contributed by atoms with Crippen LogP contribution in [0.25, 0.3) is 0 Å². The van der Waals surface area contributed by atoms with Crippen LogP contribution in [0.4, 0.5) is 5.69 Å². The molecule has 0 radical (unpaired) electrons. The number of rotatable bonds is 6. The molecule has 1 aliphatic heterocycles. The van der Waals surface area contributed by atoms with Gasteiger partial charge in [-0.15, -0.1) is 0 Å². The molecule has 24 heavy (non-hydrogen) atoms. The number of hydrogen-bond donors (Lipinski definition) is 2. The Hall–Kier alpha value is -2.19. The molecule has 2 heterocycles. The SMILES string of the molecule is CCc1ncc(S(=O)(=O)NCC2CC(=O)N(c3ccccc3)C2)[nH]1. The molecule has 2 N–H and O–H groups in total. The van der Waals surface area contributed by atoms with Crippen molar-refractivity contribution in [1.29, 1.82) is 0 Å². The third-order valence-corrected chi connectivity index (χ3v) is 5.40. The van der Waals surface area contributed by atoms with Gasteiger partial charge in [-0.1, -0.05) is 25.1 Å². The van der Waals surface area contributed by atoms with Gasteiger partial charge in [0.05, 0.1) is 6.20 Å². The summed E-state index contributed by atoms with van der Waals surface area (Å²) in [5.41, 5.74) is 0.842. The van der Waals surface area contributed by atoms with Crippen molar-refractivity contribution in [1.82, 2.24) is 14.7 Å². The number of carbonyl (C=O) groups is 1. The van der Waals surface area contributed by atoms with Crippen LogP contribution in [-0.2, 0) is 21.2 Å². The molecule has 1 fully saturated rings. The highest BCUT2D eigenvalue weighted by atomic mass is 32.2. The lowest BCUT2D eigenvalue weighted by molar-refractivity contribution is -0.117. The van der Waals surface area contributed by atoms with E-state index < -0.39 is 10.0 Å². The number of amides is 1. The summed E-state index contributed by atoms with van der Waals surface area (Å²) >= 11 is 0. The first-order chi connectivity index (χ1) is 11.5. The zero-order chi connectivity index (χ0) is 17.2. The number of para-hydroxylation sites is 1. The van der Waals surface area contributed by atoms with Gasteiger partial charge in [0.1, 0.15) is 5.82 Å². The monoisotopic (exact) mass is 348 g/mol. The quantitative estimate of drug-likeness (QED) is 0.823. The van der Waals surface area contributed by atoms with Crippen molar-refractivity contribution in [3.05, 3.63) is 42.4 Å². The molecule has 3 rings (SSSR count). The van der Waals surface area contributed by atoms with E-state index in [9.17, 15) is 13.2 Å². The summed E-state index contributed by atoms with van der Waals surface area (Å²) in [6.07, 6.45) is 2.29. The minimum absolute atomic E-state index is 0.0141. The lowest BCUT2D eigenvalue weighted by Gasteiger charge is -2.16. The lowest BCUT2D eigenvalue weighted by Crippen LogP contribution is -2.31. The number of aromatic nitrogens is 2. The van der Waals surface area contributed by atoms with Gasteiger partial charge < -0.3 is 9.88 Å². The first-order valence-electron chi connectivity index (χ1n) is 7.88. The van der Waals surface area contributed by atoms with Gasteiger partial charge in [0.2, 0.25) is 5.91 Å². The smallest absolute Gasteiger partial charge is 0.257 e. The Labute approximate surface area is 141 Å². The molecule has 1 amide bonds. The van der Waals surface area contributed by atoms with Crippen LogP contribution in [0.3, 0.4) is 0 Å². The van der Waals surface area contributed by atoms with E-state index in [0.29, 0.717) is 25.2 Å². The molecular weight excluding hydrogens is 328 g/mol. The van der Waals surface area contributed by atoms with Crippen molar-refractivity contribution in [3.63, 3.8) is 0 Å². The van der Waals surface area contributed by atoms with Gasteiger partial charge in [-0.2, -0.15) is 0 Å². The maximum Gasteiger partial charge on any atom is 0.257 e. The van der Waals surface area contributed by atoms with E-state index in [2.05, 4.69) is 14.7 Å². The first-order valence-corrected chi connectivity index (χ1v) is 9.37. The Morgan fingerprint density at radius 3 is 2.75 bits per heavy atom. The van der Waals surface area contributed by atoms with Gasteiger partial charge in [0.15, 0.2) is 5.03 Å². The van der Waals surface area contributed by atoms with Crippen LogP contribution < -0.4 is 9.62 Å². The van der Waals surface area contributed by atoms with Crippen LogP contribution in [0, 0.1) is 5.92 Å². The molecule has 8 heteroatoms. The molecule has 1 aliphatic rings. The average Bonchev–Trinajstić information content (AvgIpc) is 3.21. The van der Waals surface area contributed by atoms with Gasteiger partial charge in [0, 0.05) is 31.6 Å². The maximum absolute atomic E-state index is 12.3. The number of hydrogen-bond acceptors (Lipinski definition) is 4. The molecular formula is C16H20N4O3S. The molecule has 1 aromatic heterocycles. The van der Waals surface area contributed by atoms with E-state index in [0.717, 1.165) is 5.69 Å². The van der Waals surface area contributed by atoms with Crippen molar-refractivity contribution in [2.45, 2.75) is 24.8 Å². The number of H-pyrrole nitrogens is 1. The molecule has 0 saturated carbocycles. The molecule has 1 aromatic carbocycles. The second-order valence-electron chi connectivity index (χ2n) is 5.81. The summed E-state index contributed by atoms with van der Waals surface area (Å²) in [5, 5.41) is 0.0589. The summed E-state index contributed by atoms with van der Waals surface area (Å²) in [6.45, 7) is 2.62. The van der Waals surface area contributed by atoms with Crippen LogP contribution in [-0.4, -0.2) is 37.4 Å². The summed E-state index contributed by atoms with van der Waals surface area (Å²) in [6, 6.07) is 9.40. The summed E-state index contributed by atoms with van der Waals surface area (Å²) < 4.78 is 27.1. The number of sulfonamides is 1. The number of nitrogens with zero attached hydrogens (tertiary/aromatic N) is 2. The molecule has 0 spiro atoms. The minimum Gasteiger partial charge on any atom is -0.332 e. The van der Waals surface area contributed by atoms with Crippen molar-refractivity contribution < 1.29 is 13.2 Å². The lowest BCUT2D eigenvalue weighted by atomic mass is 10.1. The highest BCUT2D eigenvalue weighted by Crippen LogP contribution is 2.24. The topological polar surface area (TPSA) is 95.2 Å². The molecule has 7 nitrogen and oxygen atoms in total. The molecule has 1 saturated heterocycles. The van der Waals surface area contributed by atoms with E-state index in [1.807, 2.05) is 37.3 Å². The second kappa shape index (κ2) is 6.74. The van der Waals surface area contributed by atoms with Crippen molar-refractivity contribution in [2.75, 3.05) is 18.0 Å². The Kier molecular flexibility index (Phi) is 4.68. The van der Waals surface area contributed by atoms with Gasteiger partial charge in [-0.05, 0) is 18.1 Å². The Bertz CT molecular complexity index is 817. The molecule has 0 bridgehead atoms. The Morgan fingerprint density at radius 2 is 2.08 bits per heavy atom. The fourth-order valence-electron chi connectivity index (χ4n) is 2.74. The van der Waals surface area contributed by atoms with E-state index in [1.165, 1.54) is 6.20 Å². The number of aryl methyl sites for hydroxylation is 1. The van der Waals surface area contributed by atoms with Gasteiger partial charge in [-0.3, -0.25) is 4.79 Å². The largest absolute Gasteiger partial charge is 0.332 e. The fraction of sp³-hybridized carbons (Fsp3) is 0.375. The van der Waals surface area contributed by atoms with E-state index >= 15 is 0 Å². The van der Waals surface area contributed by atoms with E-state index in [-0.39, 0.29) is 23.4 Å². The maximum atomic E-state index is 12.3. The zero-order valence-corrected chi connectivity index (χ0v) is 14.2. The highest BCUT2D eigenvalue weighted by Gasteiger charge is 2.31. The summed E-state index contributed by atoms with van der Waals surface area (Å²) in [5.74, 6) is 0.586. The third kappa shape index (κ3) is 3.49. The van der Waals surface area contributed by atoms with Crippen molar-refractivity contribution in [2.24, 2.45) is 5.92 Å². The number of benzene rings is 1. The number of anilines is 1.